The molecule has 9 heteroatoms. The fourth-order valence-electron chi connectivity index (χ4n) is 3.79. The smallest absolute Gasteiger partial charge is 0.407 e. The average Bonchev–Trinajstić information content (AvgIpc) is 3.43. The van der Waals surface area contributed by atoms with Gasteiger partial charge in [0.15, 0.2) is 16.7 Å². The number of carbonyl (C=O) groups is 1. The van der Waals surface area contributed by atoms with E-state index in [1.165, 1.54) is 17.4 Å². The van der Waals surface area contributed by atoms with Crippen LogP contribution >= 0.6 is 11.3 Å². The fourth-order valence-corrected chi connectivity index (χ4v) is 4.53. The van der Waals surface area contributed by atoms with Gasteiger partial charge in [-0.1, -0.05) is 19.8 Å². The van der Waals surface area contributed by atoms with Gasteiger partial charge in [0.2, 0.25) is 0 Å². The number of amides is 1. The largest absolute Gasteiger partial charge is 0.491 e. The lowest BCUT2D eigenvalue weighted by Crippen LogP contribution is -2.44. The molecule has 1 aromatic carbocycles. The number of hydrogen-bond donors (Lipinski definition) is 3. The molecule has 2 aromatic rings. The van der Waals surface area contributed by atoms with E-state index in [-0.39, 0.29) is 23.3 Å². The Bertz CT molecular complexity index is 925. The van der Waals surface area contributed by atoms with E-state index in [4.69, 9.17) is 9.47 Å². The number of nitrogens with zero attached hydrogens (tertiary/aromatic N) is 1. The minimum absolute atomic E-state index is 0.239. The Morgan fingerprint density at radius 3 is 2.85 bits per heavy atom. The highest BCUT2D eigenvalue weighted by Crippen LogP contribution is 2.27. The van der Waals surface area contributed by atoms with E-state index in [1.807, 2.05) is 26.2 Å². The van der Waals surface area contributed by atoms with Crippen molar-refractivity contribution >= 4 is 28.2 Å². The highest BCUT2D eigenvalue weighted by molar-refractivity contribution is 7.13. The predicted molar refractivity (Wildman–Crippen MR) is 135 cm³/mol. The highest BCUT2D eigenvalue weighted by atomic mass is 32.1. The third-order valence-electron chi connectivity index (χ3n) is 5.51. The number of anilines is 2. The molecule has 2 heterocycles. The molecule has 0 saturated carbocycles. The number of carbonyl (C=O) groups excluding carboxylic acids is 1. The first-order chi connectivity index (χ1) is 16.2. The SMILES string of the molecule is CCCCCOc1ccc(Nc2nc(CC(OC(=O)NC(C)(C)C)C3CCNC3)cs2)cc1F. The zero-order valence-electron chi connectivity index (χ0n) is 20.6. The minimum Gasteiger partial charge on any atom is -0.491 e. The van der Waals surface area contributed by atoms with Crippen molar-refractivity contribution in [3.63, 3.8) is 0 Å². The Morgan fingerprint density at radius 2 is 2.18 bits per heavy atom. The van der Waals surface area contributed by atoms with Crippen LogP contribution in [-0.2, 0) is 11.2 Å². The average molecular weight is 493 g/mol. The van der Waals surface area contributed by atoms with Gasteiger partial charge >= 0.3 is 6.09 Å². The predicted octanol–water partition coefficient (Wildman–Crippen LogP) is 5.64. The number of unbranched alkanes of at least 4 members (excludes halogenated alkanes) is 2. The van der Waals surface area contributed by atoms with E-state index in [0.29, 0.717) is 23.8 Å². The standard InChI is InChI=1S/C25H37FN4O3S/c1-5-6-7-12-32-21-9-8-18(13-20(21)26)28-23-29-19(16-34-23)14-22(17-10-11-27-15-17)33-24(31)30-25(2,3)4/h8-9,13,16-17,22,27H,5-7,10-12,14-15H2,1-4H3,(H,28,29)(H,30,31). The maximum absolute atomic E-state index is 14.4. The van der Waals surface area contributed by atoms with Crippen molar-refractivity contribution in [2.45, 2.75) is 71.4 Å². The maximum atomic E-state index is 14.4. The molecule has 1 aliphatic rings. The normalized spacial score (nSPS) is 16.8. The summed E-state index contributed by atoms with van der Waals surface area (Å²) in [6.45, 7) is 10.1. The summed E-state index contributed by atoms with van der Waals surface area (Å²) in [6.07, 6.45) is 3.88. The number of hydrogen-bond acceptors (Lipinski definition) is 7. The second kappa shape index (κ2) is 12.4. The molecular weight excluding hydrogens is 455 g/mol. The van der Waals surface area contributed by atoms with Crippen molar-refractivity contribution in [3.8, 4) is 5.75 Å². The van der Waals surface area contributed by atoms with Crippen LogP contribution in [0.2, 0.25) is 0 Å². The van der Waals surface area contributed by atoms with Gasteiger partial charge in [0, 0.05) is 41.6 Å². The van der Waals surface area contributed by atoms with Gasteiger partial charge in [-0.05, 0) is 52.3 Å². The van der Waals surface area contributed by atoms with Gasteiger partial charge < -0.3 is 25.4 Å². The van der Waals surface area contributed by atoms with Crippen LogP contribution in [0.25, 0.3) is 0 Å². The Balaban J connectivity index is 1.59. The molecule has 3 rings (SSSR count). The van der Waals surface area contributed by atoms with Gasteiger partial charge in [-0.2, -0.15) is 0 Å². The van der Waals surface area contributed by atoms with E-state index < -0.39 is 11.9 Å². The molecule has 1 amide bonds. The summed E-state index contributed by atoms with van der Waals surface area (Å²) in [7, 11) is 0. The summed E-state index contributed by atoms with van der Waals surface area (Å²) < 4.78 is 25.8. The van der Waals surface area contributed by atoms with Crippen LogP contribution in [0.5, 0.6) is 5.75 Å². The van der Waals surface area contributed by atoms with Crippen LogP contribution in [-0.4, -0.2) is 42.4 Å². The monoisotopic (exact) mass is 492 g/mol. The molecule has 2 unspecified atom stereocenters. The van der Waals surface area contributed by atoms with Crippen molar-refractivity contribution in [2.24, 2.45) is 5.92 Å². The molecule has 0 radical (unpaired) electrons. The Kier molecular flexibility index (Phi) is 9.53. The molecule has 1 aromatic heterocycles. The van der Waals surface area contributed by atoms with Crippen LogP contribution in [0.1, 0.15) is 59.1 Å². The second-order valence-corrected chi connectivity index (χ2v) is 10.6. The Morgan fingerprint density at radius 1 is 1.35 bits per heavy atom. The van der Waals surface area contributed by atoms with Gasteiger partial charge in [-0.15, -0.1) is 11.3 Å². The first kappa shape index (κ1) is 26.2. The first-order valence-corrected chi connectivity index (χ1v) is 12.9. The number of nitrogens with one attached hydrogen (secondary N) is 3. The number of alkyl carbamates (subject to hydrolysis) is 1. The molecule has 188 valence electrons. The molecule has 34 heavy (non-hydrogen) atoms. The van der Waals surface area contributed by atoms with Crippen molar-refractivity contribution in [2.75, 3.05) is 25.0 Å². The third kappa shape index (κ3) is 8.43. The number of ether oxygens (including phenoxy) is 2. The van der Waals surface area contributed by atoms with Crippen LogP contribution in [0, 0.1) is 11.7 Å². The zero-order valence-corrected chi connectivity index (χ0v) is 21.4. The summed E-state index contributed by atoms with van der Waals surface area (Å²) in [6, 6.07) is 4.85. The van der Waals surface area contributed by atoms with Crippen molar-refractivity contribution < 1.29 is 18.7 Å². The summed E-state index contributed by atoms with van der Waals surface area (Å²) in [4.78, 5) is 17.0. The Hall–Kier alpha value is -2.39. The molecule has 1 fully saturated rings. The molecule has 0 bridgehead atoms. The summed E-state index contributed by atoms with van der Waals surface area (Å²) >= 11 is 1.44. The second-order valence-electron chi connectivity index (χ2n) is 9.75. The highest BCUT2D eigenvalue weighted by Gasteiger charge is 2.30. The van der Waals surface area contributed by atoms with E-state index in [2.05, 4.69) is 27.9 Å². The number of rotatable bonds is 11. The number of halogens is 1. The lowest BCUT2D eigenvalue weighted by molar-refractivity contribution is 0.0615. The van der Waals surface area contributed by atoms with Crippen molar-refractivity contribution in [3.05, 3.63) is 35.1 Å². The minimum atomic E-state index is -0.412. The topological polar surface area (TPSA) is 84.5 Å². The molecule has 1 aliphatic heterocycles. The van der Waals surface area contributed by atoms with Gasteiger partial charge in [0.05, 0.1) is 12.3 Å². The molecule has 1 saturated heterocycles. The van der Waals surface area contributed by atoms with Crippen molar-refractivity contribution in [1.82, 2.24) is 15.6 Å². The first-order valence-electron chi connectivity index (χ1n) is 12.1. The fraction of sp³-hybridized carbons (Fsp3) is 0.600. The summed E-state index contributed by atoms with van der Waals surface area (Å²) in [5.74, 6) is 0.105. The Labute approximate surface area is 205 Å². The number of benzene rings is 1. The maximum Gasteiger partial charge on any atom is 0.407 e. The van der Waals surface area contributed by atoms with Gasteiger partial charge in [0.25, 0.3) is 0 Å². The molecule has 0 spiro atoms. The summed E-state index contributed by atoms with van der Waals surface area (Å²) in [5, 5.41) is 12.0. The lowest BCUT2D eigenvalue weighted by Gasteiger charge is -2.26. The number of aromatic nitrogens is 1. The van der Waals surface area contributed by atoms with Gasteiger partial charge in [-0.3, -0.25) is 0 Å². The molecule has 7 nitrogen and oxygen atoms in total. The van der Waals surface area contributed by atoms with Gasteiger partial charge in [-0.25, -0.2) is 14.2 Å². The van der Waals surface area contributed by atoms with Crippen molar-refractivity contribution in [1.29, 1.82) is 0 Å². The van der Waals surface area contributed by atoms with E-state index >= 15 is 0 Å². The summed E-state index contributed by atoms with van der Waals surface area (Å²) in [5.41, 5.74) is 1.08. The third-order valence-corrected chi connectivity index (χ3v) is 6.32. The van der Waals surface area contributed by atoms with E-state index in [9.17, 15) is 9.18 Å². The van der Waals surface area contributed by atoms with Crippen LogP contribution in [0.4, 0.5) is 20.0 Å². The van der Waals surface area contributed by atoms with Gasteiger partial charge in [0.1, 0.15) is 6.10 Å². The molecule has 2 atom stereocenters. The molecule has 3 N–H and O–H groups in total. The lowest BCUT2D eigenvalue weighted by atomic mass is 9.98. The molecule has 0 aliphatic carbocycles. The van der Waals surface area contributed by atoms with Crippen LogP contribution in [0.3, 0.4) is 0 Å². The van der Waals surface area contributed by atoms with E-state index in [0.717, 1.165) is 44.5 Å². The zero-order chi connectivity index (χ0) is 24.6. The van der Waals surface area contributed by atoms with E-state index in [1.54, 1.807) is 12.1 Å². The quantitative estimate of drug-likeness (QED) is 0.352. The van der Waals surface area contributed by atoms with Crippen LogP contribution in [0.15, 0.2) is 23.6 Å². The molecular formula is C25H37FN4O3S. The number of thiazole rings is 1. The van der Waals surface area contributed by atoms with Crippen LogP contribution < -0.4 is 20.7 Å².